The largest absolute Gasteiger partial charge is 0.508 e. The van der Waals surface area contributed by atoms with Crippen LogP contribution in [0.2, 0.25) is 0 Å². The molecule has 0 radical (unpaired) electrons. The predicted octanol–water partition coefficient (Wildman–Crippen LogP) is 1.44. The number of benzene rings is 1. The molecule has 1 unspecified atom stereocenters. The number of rotatable bonds is 4. The van der Waals surface area contributed by atoms with Crippen LogP contribution in [0.3, 0.4) is 0 Å². The molecule has 1 atom stereocenters. The van der Waals surface area contributed by atoms with Crippen LogP contribution in [0.1, 0.15) is 5.56 Å². The molecule has 0 amide bonds. The number of nitro groups is 1. The van der Waals surface area contributed by atoms with Crippen LogP contribution in [-0.2, 0) is 6.42 Å². The van der Waals surface area contributed by atoms with E-state index in [4.69, 9.17) is 10.8 Å². The first-order valence-corrected chi connectivity index (χ1v) is 4.42. The first-order chi connectivity index (χ1) is 7.41. The maximum Gasteiger partial charge on any atom is 0.272 e. The van der Waals surface area contributed by atoms with Gasteiger partial charge in [-0.1, -0.05) is 0 Å². The van der Waals surface area contributed by atoms with Gasteiger partial charge >= 0.3 is 0 Å². The van der Waals surface area contributed by atoms with Gasteiger partial charge in [-0.05, 0) is 18.6 Å². The number of halogens is 2. The number of aromatic hydroxyl groups is 1. The van der Waals surface area contributed by atoms with Crippen molar-refractivity contribution >= 4 is 5.69 Å². The van der Waals surface area contributed by atoms with Crippen LogP contribution in [-0.4, -0.2) is 22.5 Å². The fourth-order valence-corrected chi connectivity index (χ4v) is 1.26. The highest BCUT2D eigenvalue weighted by molar-refractivity contribution is 5.45. The number of nitro benzene ring substituents is 1. The van der Waals surface area contributed by atoms with Gasteiger partial charge in [0.2, 0.25) is 0 Å². The summed E-state index contributed by atoms with van der Waals surface area (Å²) in [4.78, 5) is 9.88. The molecular weight excluding hydrogens is 222 g/mol. The van der Waals surface area contributed by atoms with Crippen molar-refractivity contribution in [3.8, 4) is 5.75 Å². The monoisotopic (exact) mass is 232 g/mol. The molecule has 0 aromatic heterocycles. The van der Waals surface area contributed by atoms with Crippen LogP contribution in [0, 0.1) is 10.1 Å². The average Bonchev–Trinajstić information content (AvgIpc) is 2.16. The van der Waals surface area contributed by atoms with E-state index in [9.17, 15) is 18.9 Å². The normalized spacial score (nSPS) is 12.8. The van der Waals surface area contributed by atoms with Crippen molar-refractivity contribution < 1.29 is 18.8 Å². The van der Waals surface area contributed by atoms with E-state index < -0.39 is 17.4 Å². The Morgan fingerprint density at radius 2 is 2.12 bits per heavy atom. The molecular formula is C9H10F2N2O3. The van der Waals surface area contributed by atoms with E-state index in [0.29, 0.717) is 0 Å². The van der Waals surface area contributed by atoms with Gasteiger partial charge in [0.1, 0.15) is 5.75 Å². The van der Waals surface area contributed by atoms with Gasteiger partial charge in [-0.3, -0.25) is 10.1 Å². The number of nitrogens with two attached hydrogens (primary N) is 1. The molecule has 3 N–H and O–H groups in total. The van der Waals surface area contributed by atoms with E-state index in [2.05, 4.69) is 0 Å². The van der Waals surface area contributed by atoms with Gasteiger partial charge in [0, 0.05) is 11.6 Å². The van der Waals surface area contributed by atoms with Crippen molar-refractivity contribution in [1.29, 1.82) is 0 Å². The minimum absolute atomic E-state index is 0.00204. The SMILES string of the molecule is NC(Cc1cc(O)ccc1[N+](=O)[O-])C(F)F. The van der Waals surface area contributed by atoms with Crippen LogP contribution in [0.25, 0.3) is 0 Å². The summed E-state index contributed by atoms with van der Waals surface area (Å²) in [7, 11) is 0. The molecule has 1 rings (SSSR count). The van der Waals surface area contributed by atoms with Gasteiger partial charge in [0.05, 0.1) is 11.0 Å². The van der Waals surface area contributed by atoms with Crippen LogP contribution in [0.15, 0.2) is 18.2 Å². The quantitative estimate of drug-likeness (QED) is 0.607. The summed E-state index contributed by atoms with van der Waals surface area (Å²) < 4.78 is 24.4. The van der Waals surface area contributed by atoms with E-state index >= 15 is 0 Å². The molecule has 0 fully saturated rings. The first-order valence-electron chi connectivity index (χ1n) is 4.42. The zero-order chi connectivity index (χ0) is 12.3. The molecule has 0 saturated carbocycles. The minimum Gasteiger partial charge on any atom is -0.508 e. The Balaban J connectivity index is 3.01. The Kier molecular flexibility index (Phi) is 3.73. The summed E-state index contributed by atoms with van der Waals surface area (Å²) in [6.45, 7) is 0. The first kappa shape index (κ1) is 12.3. The molecule has 0 aliphatic carbocycles. The Hall–Kier alpha value is -1.76. The number of hydrogen-bond acceptors (Lipinski definition) is 4. The van der Waals surface area contributed by atoms with Crippen molar-refractivity contribution in [3.05, 3.63) is 33.9 Å². The molecule has 0 saturated heterocycles. The summed E-state index contributed by atoms with van der Waals surface area (Å²) in [5.74, 6) is -0.220. The van der Waals surface area contributed by atoms with E-state index in [1.54, 1.807) is 0 Å². The van der Waals surface area contributed by atoms with Gasteiger partial charge in [-0.15, -0.1) is 0 Å². The standard InChI is InChI=1S/C9H10F2N2O3/c10-9(11)7(12)4-5-3-6(14)1-2-8(5)13(15)16/h1-3,7,9,14H,4,12H2. The van der Waals surface area contributed by atoms with Gasteiger partial charge in [0.15, 0.2) is 0 Å². The highest BCUT2D eigenvalue weighted by Gasteiger charge is 2.21. The molecule has 0 aliphatic rings. The van der Waals surface area contributed by atoms with Crippen molar-refractivity contribution in [1.82, 2.24) is 0 Å². The molecule has 5 nitrogen and oxygen atoms in total. The van der Waals surface area contributed by atoms with E-state index in [1.165, 1.54) is 0 Å². The number of phenolic OH excluding ortho intramolecular Hbond substituents is 1. The number of phenols is 1. The molecule has 16 heavy (non-hydrogen) atoms. The Labute approximate surface area is 89.6 Å². The maximum absolute atomic E-state index is 12.2. The van der Waals surface area contributed by atoms with Crippen molar-refractivity contribution in [3.63, 3.8) is 0 Å². The van der Waals surface area contributed by atoms with Crippen LogP contribution < -0.4 is 5.73 Å². The second kappa shape index (κ2) is 4.84. The molecule has 1 aromatic carbocycles. The number of hydrogen-bond donors (Lipinski definition) is 2. The lowest BCUT2D eigenvalue weighted by molar-refractivity contribution is -0.385. The Bertz CT molecular complexity index is 398. The maximum atomic E-state index is 12.2. The topological polar surface area (TPSA) is 89.4 Å². The van der Waals surface area contributed by atoms with Gasteiger partial charge in [0.25, 0.3) is 12.1 Å². The van der Waals surface area contributed by atoms with Crippen molar-refractivity contribution in [2.24, 2.45) is 5.73 Å². The lowest BCUT2D eigenvalue weighted by Gasteiger charge is -2.10. The van der Waals surface area contributed by atoms with Gasteiger partial charge in [-0.25, -0.2) is 8.78 Å². The lowest BCUT2D eigenvalue weighted by Crippen LogP contribution is -2.31. The molecule has 0 aliphatic heterocycles. The van der Waals surface area contributed by atoms with E-state index in [-0.39, 0.29) is 23.4 Å². The zero-order valence-electron chi connectivity index (χ0n) is 8.14. The summed E-state index contributed by atoms with van der Waals surface area (Å²) >= 11 is 0. The summed E-state index contributed by atoms with van der Waals surface area (Å²) in [6.07, 6.45) is -3.12. The lowest BCUT2D eigenvalue weighted by atomic mass is 10.0. The molecule has 88 valence electrons. The fourth-order valence-electron chi connectivity index (χ4n) is 1.26. The molecule has 1 aromatic rings. The fraction of sp³-hybridized carbons (Fsp3) is 0.333. The molecule has 0 bridgehead atoms. The summed E-state index contributed by atoms with van der Waals surface area (Å²) in [6, 6.07) is 1.76. The average molecular weight is 232 g/mol. The number of alkyl halides is 2. The highest BCUT2D eigenvalue weighted by Crippen LogP contribution is 2.25. The number of nitrogens with zero attached hydrogens (tertiary/aromatic N) is 1. The minimum atomic E-state index is -2.76. The molecule has 7 heteroatoms. The third kappa shape index (κ3) is 2.86. The second-order valence-corrected chi connectivity index (χ2v) is 3.27. The summed E-state index contributed by atoms with van der Waals surface area (Å²) in [5, 5.41) is 19.7. The smallest absolute Gasteiger partial charge is 0.272 e. The van der Waals surface area contributed by atoms with E-state index in [1.807, 2.05) is 0 Å². The zero-order valence-corrected chi connectivity index (χ0v) is 8.14. The second-order valence-electron chi connectivity index (χ2n) is 3.27. The van der Waals surface area contributed by atoms with Gasteiger partial charge in [-0.2, -0.15) is 0 Å². The van der Waals surface area contributed by atoms with Crippen molar-refractivity contribution in [2.45, 2.75) is 18.9 Å². The van der Waals surface area contributed by atoms with Crippen molar-refractivity contribution in [2.75, 3.05) is 0 Å². The molecule has 0 heterocycles. The van der Waals surface area contributed by atoms with Crippen LogP contribution in [0.5, 0.6) is 5.75 Å². The van der Waals surface area contributed by atoms with Crippen LogP contribution in [0.4, 0.5) is 14.5 Å². The van der Waals surface area contributed by atoms with Gasteiger partial charge < -0.3 is 10.8 Å². The Morgan fingerprint density at radius 1 is 1.50 bits per heavy atom. The predicted molar refractivity (Wildman–Crippen MR) is 52.4 cm³/mol. The van der Waals surface area contributed by atoms with Crippen LogP contribution >= 0.6 is 0 Å². The Morgan fingerprint density at radius 3 is 2.62 bits per heavy atom. The third-order valence-electron chi connectivity index (χ3n) is 2.04. The summed E-state index contributed by atoms with van der Waals surface area (Å²) in [5.41, 5.74) is 4.79. The highest BCUT2D eigenvalue weighted by atomic mass is 19.3. The van der Waals surface area contributed by atoms with E-state index in [0.717, 1.165) is 18.2 Å². The molecule has 0 spiro atoms. The third-order valence-corrected chi connectivity index (χ3v) is 2.04.